The largest absolute Gasteiger partial charge is 0.494 e. The van der Waals surface area contributed by atoms with Gasteiger partial charge in [0, 0.05) is 19.1 Å². The summed E-state index contributed by atoms with van der Waals surface area (Å²) in [5.41, 5.74) is 7.64. The molecule has 2 aromatic rings. The van der Waals surface area contributed by atoms with Crippen molar-refractivity contribution in [2.75, 3.05) is 32.9 Å². The van der Waals surface area contributed by atoms with E-state index in [1.807, 2.05) is 51.1 Å². The minimum absolute atomic E-state index is 0.00721. The Morgan fingerprint density at radius 1 is 1.10 bits per heavy atom. The Balaban J connectivity index is 1.50. The van der Waals surface area contributed by atoms with Crippen molar-refractivity contribution in [1.82, 2.24) is 9.62 Å². The van der Waals surface area contributed by atoms with E-state index < -0.39 is 34.3 Å². The molecule has 10 nitrogen and oxygen atoms in total. The molecule has 2 aliphatic rings. The molecule has 0 unspecified atom stereocenters. The summed E-state index contributed by atoms with van der Waals surface area (Å²) in [7, 11) is -3.86. The first-order valence-electron chi connectivity index (χ1n) is 13.9. The highest BCUT2D eigenvalue weighted by Gasteiger charge is 2.44. The molecule has 2 aromatic carbocycles. The van der Waals surface area contributed by atoms with Gasteiger partial charge in [-0.3, -0.25) is 0 Å². The van der Waals surface area contributed by atoms with E-state index in [0.29, 0.717) is 25.4 Å². The second-order valence-corrected chi connectivity index (χ2v) is 12.6. The average Bonchev–Trinajstić information content (AvgIpc) is 3.54. The number of ether oxygens (including phenoxy) is 4. The van der Waals surface area contributed by atoms with Gasteiger partial charge in [-0.15, -0.1) is 0 Å². The number of fused-ring (bicyclic) bond motifs is 1. The molecule has 0 aliphatic carbocycles. The predicted molar refractivity (Wildman–Crippen MR) is 150 cm³/mol. The summed E-state index contributed by atoms with van der Waals surface area (Å²) >= 11 is 0. The first-order valence-corrected chi connectivity index (χ1v) is 15.3. The van der Waals surface area contributed by atoms with Crippen molar-refractivity contribution in [2.24, 2.45) is 17.6 Å². The molecule has 0 radical (unpaired) electrons. The standard InChI is InChI=1S/C29H41N3O7S/c1-4-36-22-10-12-23(13-11-22)40(34,35)32(17-20(2)3)18-25(30)26(16-21-8-6-5-7-9-21)31-29(33)39-27-19-38-28-24(27)14-15-37-28/h5-13,20,24-28H,4,14-19,30H2,1-3H3,(H,31,33)/t24-,25+,26-,27-,28+/m0/s1. The summed E-state index contributed by atoms with van der Waals surface area (Å²) in [6, 6.07) is 14.7. The zero-order chi connectivity index (χ0) is 28.7. The maximum absolute atomic E-state index is 13.7. The second-order valence-electron chi connectivity index (χ2n) is 10.7. The van der Waals surface area contributed by atoms with Crippen LogP contribution >= 0.6 is 0 Å². The van der Waals surface area contributed by atoms with Crippen LogP contribution in [0.25, 0.3) is 0 Å². The van der Waals surface area contributed by atoms with E-state index in [2.05, 4.69) is 5.32 Å². The minimum atomic E-state index is -3.86. The van der Waals surface area contributed by atoms with Crippen LogP contribution in [-0.4, -0.2) is 76.2 Å². The van der Waals surface area contributed by atoms with Crippen LogP contribution in [0.3, 0.4) is 0 Å². The molecule has 220 valence electrons. The maximum Gasteiger partial charge on any atom is 0.407 e. The summed E-state index contributed by atoms with van der Waals surface area (Å²) in [4.78, 5) is 13.2. The van der Waals surface area contributed by atoms with Gasteiger partial charge in [0.2, 0.25) is 10.0 Å². The zero-order valence-corrected chi connectivity index (χ0v) is 24.2. The predicted octanol–water partition coefficient (Wildman–Crippen LogP) is 3.16. The number of nitrogens with one attached hydrogen (secondary N) is 1. The molecule has 0 saturated carbocycles. The summed E-state index contributed by atoms with van der Waals surface area (Å²) in [5, 5.41) is 2.92. The number of carbonyl (C=O) groups is 1. The van der Waals surface area contributed by atoms with Crippen molar-refractivity contribution < 1.29 is 32.2 Å². The number of sulfonamides is 1. The summed E-state index contributed by atoms with van der Waals surface area (Å²) < 4.78 is 51.1. The molecule has 2 saturated heterocycles. The van der Waals surface area contributed by atoms with Gasteiger partial charge in [0.05, 0.1) is 36.7 Å². The fraction of sp³-hybridized carbons (Fsp3) is 0.552. The topological polar surface area (TPSA) is 129 Å². The van der Waals surface area contributed by atoms with Gasteiger partial charge in [0.15, 0.2) is 6.29 Å². The monoisotopic (exact) mass is 575 g/mol. The molecule has 2 aliphatic heterocycles. The third-order valence-corrected chi connectivity index (χ3v) is 8.96. The van der Waals surface area contributed by atoms with E-state index in [-0.39, 0.29) is 42.7 Å². The number of amides is 1. The molecular weight excluding hydrogens is 534 g/mol. The van der Waals surface area contributed by atoms with Crippen LogP contribution in [-0.2, 0) is 30.7 Å². The van der Waals surface area contributed by atoms with Gasteiger partial charge in [-0.1, -0.05) is 44.2 Å². The molecule has 1 amide bonds. The van der Waals surface area contributed by atoms with Crippen LogP contribution in [0.2, 0.25) is 0 Å². The fourth-order valence-electron chi connectivity index (χ4n) is 5.11. The van der Waals surface area contributed by atoms with Crippen molar-refractivity contribution in [3.8, 4) is 5.75 Å². The Morgan fingerprint density at radius 3 is 2.50 bits per heavy atom. The Morgan fingerprint density at radius 2 is 1.82 bits per heavy atom. The average molecular weight is 576 g/mol. The van der Waals surface area contributed by atoms with E-state index in [0.717, 1.165) is 12.0 Å². The number of benzene rings is 2. The zero-order valence-electron chi connectivity index (χ0n) is 23.4. The van der Waals surface area contributed by atoms with E-state index in [1.54, 1.807) is 24.3 Å². The Hall–Kier alpha value is -2.70. The number of carbonyl (C=O) groups excluding carboxylic acids is 1. The lowest BCUT2D eigenvalue weighted by Crippen LogP contribution is -2.55. The Bertz CT molecular complexity index is 1190. The molecule has 0 bridgehead atoms. The SMILES string of the molecule is CCOc1ccc(S(=O)(=O)N(CC(C)C)C[C@@H](N)[C@H](Cc2ccccc2)NC(=O)O[C@H]2CO[C@H]3OCC[C@H]32)cc1. The van der Waals surface area contributed by atoms with Crippen molar-refractivity contribution in [1.29, 1.82) is 0 Å². The van der Waals surface area contributed by atoms with Gasteiger partial charge < -0.3 is 30.0 Å². The van der Waals surface area contributed by atoms with Crippen molar-refractivity contribution >= 4 is 16.1 Å². The van der Waals surface area contributed by atoms with Gasteiger partial charge in [-0.25, -0.2) is 13.2 Å². The molecule has 3 N–H and O–H groups in total. The molecule has 5 atom stereocenters. The van der Waals surface area contributed by atoms with Crippen LogP contribution in [0.1, 0.15) is 32.8 Å². The number of nitrogens with two attached hydrogens (primary N) is 1. The van der Waals surface area contributed by atoms with Crippen LogP contribution in [0.4, 0.5) is 4.79 Å². The third-order valence-electron chi connectivity index (χ3n) is 7.12. The van der Waals surface area contributed by atoms with Crippen LogP contribution in [0, 0.1) is 11.8 Å². The molecule has 40 heavy (non-hydrogen) atoms. The van der Waals surface area contributed by atoms with Gasteiger partial charge in [0.25, 0.3) is 0 Å². The number of hydrogen-bond acceptors (Lipinski definition) is 8. The quantitative estimate of drug-likeness (QED) is 0.373. The smallest absolute Gasteiger partial charge is 0.407 e. The highest BCUT2D eigenvalue weighted by Crippen LogP contribution is 2.33. The molecule has 11 heteroatoms. The maximum atomic E-state index is 13.7. The third kappa shape index (κ3) is 7.73. The summed E-state index contributed by atoms with van der Waals surface area (Å²) in [6.45, 7) is 7.40. The van der Waals surface area contributed by atoms with Crippen molar-refractivity contribution in [3.05, 3.63) is 60.2 Å². The normalized spacial score (nSPS) is 22.2. The van der Waals surface area contributed by atoms with Crippen molar-refractivity contribution in [2.45, 2.75) is 63.0 Å². The number of alkyl carbamates (subject to hydrolysis) is 1. The molecular formula is C29H41N3O7S. The van der Waals surface area contributed by atoms with Crippen LogP contribution < -0.4 is 15.8 Å². The highest BCUT2D eigenvalue weighted by molar-refractivity contribution is 7.89. The van der Waals surface area contributed by atoms with Gasteiger partial charge in [0.1, 0.15) is 11.9 Å². The highest BCUT2D eigenvalue weighted by atomic mass is 32.2. The van der Waals surface area contributed by atoms with Crippen molar-refractivity contribution in [3.63, 3.8) is 0 Å². The van der Waals surface area contributed by atoms with E-state index in [9.17, 15) is 13.2 Å². The van der Waals surface area contributed by atoms with Gasteiger partial charge >= 0.3 is 6.09 Å². The first kappa shape index (κ1) is 30.3. The summed E-state index contributed by atoms with van der Waals surface area (Å²) in [5.74, 6) is 0.661. The fourth-order valence-corrected chi connectivity index (χ4v) is 6.75. The minimum Gasteiger partial charge on any atom is -0.494 e. The number of nitrogens with zero attached hydrogens (tertiary/aromatic N) is 1. The molecule has 0 aromatic heterocycles. The lowest BCUT2D eigenvalue weighted by atomic mass is 9.99. The number of rotatable bonds is 13. The van der Waals surface area contributed by atoms with Gasteiger partial charge in [-0.2, -0.15) is 4.31 Å². The first-order chi connectivity index (χ1) is 19.2. The van der Waals surface area contributed by atoms with E-state index in [4.69, 9.17) is 24.7 Å². The summed E-state index contributed by atoms with van der Waals surface area (Å²) in [6.07, 6.45) is -0.173. The second kappa shape index (κ2) is 13.8. The molecule has 2 heterocycles. The Labute approximate surface area is 237 Å². The Kier molecular flexibility index (Phi) is 10.4. The number of hydrogen-bond donors (Lipinski definition) is 2. The van der Waals surface area contributed by atoms with E-state index >= 15 is 0 Å². The lowest BCUT2D eigenvalue weighted by Gasteiger charge is -2.31. The molecule has 4 rings (SSSR count). The molecule has 0 spiro atoms. The van der Waals surface area contributed by atoms with E-state index in [1.165, 1.54) is 4.31 Å². The van der Waals surface area contributed by atoms with Gasteiger partial charge in [-0.05, 0) is 55.5 Å². The lowest BCUT2D eigenvalue weighted by molar-refractivity contribution is -0.0907. The molecule has 2 fully saturated rings. The van der Waals surface area contributed by atoms with Crippen LogP contribution in [0.15, 0.2) is 59.5 Å². The van der Waals surface area contributed by atoms with Crippen LogP contribution in [0.5, 0.6) is 5.75 Å².